The van der Waals surface area contributed by atoms with Gasteiger partial charge in [0.2, 0.25) is 0 Å². The van der Waals surface area contributed by atoms with Crippen LogP contribution in [0.25, 0.3) is 11.1 Å². The monoisotopic (exact) mass is 622 g/mol. The van der Waals surface area contributed by atoms with Gasteiger partial charge in [0.15, 0.2) is 0 Å². The molecular weight excluding hydrogens is 568 g/mol. The zero-order valence-corrected chi connectivity index (χ0v) is 28.2. The molecule has 1 amide bonds. The topological polar surface area (TPSA) is 78.9 Å². The van der Waals surface area contributed by atoms with Gasteiger partial charge in [-0.15, -0.1) is 0 Å². The van der Waals surface area contributed by atoms with Crippen LogP contribution in [-0.4, -0.2) is 65.2 Å². The van der Waals surface area contributed by atoms with E-state index in [-0.39, 0.29) is 5.91 Å². The van der Waals surface area contributed by atoms with Crippen LogP contribution in [0.3, 0.4) is 0 Å². The Hall–Kier alpha value is -2.35. The van der Waals surface area contributed by atoms with E-state index in [0.717, 1.165) is 48.8 Å². The number of nitrogens with zero attached hydrogens (tertiary/aromatic N) is 1. The number of carboxylic acids is 1. The van der Waals surface area contributed by atoms with E-state index in [9.17, 15) is 14.7 Å². The van der Waals surface area contributed by atoms with E-state index in [1.165, 1.54) is 56.9 Å². The van der Waals surface area contributed by atoms with Crippen LogP contribution in [0, 0.1) is 18.8 Å². The molecule has 44 heavy (non-hydrogen) atoms. The first kappa shape index (κ1) is 34.5. The maximum Gasteiger partial charge on any atom is 0.326 e. The Bertz CT molecular complexity index is 1210. The smallest absolute Gasteiger partial charge is 0.326 e. The Labute approximate surface area is 269 Å². The summed E-state index contributed by atoms with van der Waals surface area (Å²) in [6.45, 7) is 8.97. The van der Waals surface area contributed by atoms with Crippen LogP contribution in [0.4, 0.5) is 0 Å². The molecule has 2 atom stereocenters. The van der Waals surface area contributed by atoms with Gasteiger partial charge in [-0.2, -0.15) is 11.8 Å². The van der Waals surface area contributed by atoms with E-state index in [1.807, 2.05) is 24.5 Å². The number of amides is 1. The number of hydrogen-bond acceptors (Lipinski definition) is 5. The van der Waals surface area contributed by atoms with Crippen LogP contribution in [0.5, 0.6) is 0 Å². The third kappa shape index (κ3) is 10.3. The Morgan fingerprint density at radius 1 is 1.02 bits per heavy atom. The summed E-state index contributed by atoms with van der Waals surface area (Å²) in [6, 6.07) is 14.3. The van der Waals surface area contributed by atoms with Crippen LogP contribution in [-0.2, 0) is 16.1 Å². The first-order chi connectivity index (χ1) is 21.3. The molecule has 7 heteroatoms. The minimum Gasteiger partial charge on any atom is -0.480 e. The molecule has 2 unspecified atom stereocenters. The Morgan fingerprint density at radius 3 is 2.43 bits per heavy atom. The molecule has 2 aromatic rings. The second-order valence-corrected chi connectivity index (χ2v) is 14.4. The number of carboxylic acid groups (broad SMARTS) is 1. The second kappa shape index (κ2) is 17.4. The van der Waals surface area contributed by atoms with E-state index in [2.05, 4.69) is 55.3 Å². The number of aryl methyl sites for hydroxylation is 1. The summed E-state index contributed by atoms with van der Waals surface area (Å²) < 4.78 is 6.34. The van der Waals surface area contributed by atoms with Crippen molar-refractivity contribution in [1.29, 1.82) is 0 Å². The maximum absolute atomic E-state index is 13.6. The lowest BCUT2D eigenvalue weighted by atomic mass is 9.84. The highest BCUT2D eigenvalue weighted by Crippen LogP contribution is 2.36. The van der Waals surface area contributed by atoms with Gasteiger partial charge in [0, 0.05) is 30.8 Å². The molecule has 0 aromatic heterocycles. The summed E-state index contributed by atoms with van der Waals surface area (Å²) >= 11 is 1.58. The first-order valence-corrected chi connectivity index (χ1v) is 18.2. The Morgan fingerprint density at radius 2 is 1.77 bits per heavy atom. The number of carbonyl (C=O) groups is 2. The molecule has 0 radical (unpaired) electrons. The Balaban J connectivity index is 1.61. The minimum atomic E-state index is -0.999. The highest BCUT2D eigenvalue weighted by molar-refractivity contribution is 7.98. The van der Waals surface area contributed by atoms with Gasteiger partial charge in [-0.05, 0) is 97.3 Å². The number of hydrogen-bond donors (Lipinski definition) is 2. The summed E-state index contributed by atoms with van der Waals surface area (Å²) in [5, 5.41) is 12.6. The van der Waals surface area contributed by atoms with Gasteiger partial charge >= 0.3 is 5.97 Å². The summed E-state index contributed by atoms with van der Waals surface area (Å²) in [7, 11) is 0. The molecule has 0 bridgehead atoms. The predicted molar refractivity (Wildman–Crippen MR) is 182 cm³/mol. The van der Waals surface area contributed by atoms with E-state index < -0.39 is 12.0 Å². The van der Waals surface area contributed by atoms with Crippen molar-refractivity contribution < 1.29 is 19.4 Å². The van der Waals surface area contributed by atoms with E-state index >= 15 is 0 Å². The van der Waals surface area contributed by atoms with Crippen molar-refractivity contribution in [2.45, 2.75) is 110 Å². The molecule has 2 aliphatic carbocycles. The van der Waals surface area contributed by atoms with Gasteiger partial charge in [0.1, 0.15) is 6.04 Å². The molecule has 0 saturated heterocycles. The van der Waals surface area contributed by atoms with Crippen molar-refractivity contribution in [2.75, 3.05) is 25.2 Å². The molecule has 6 nitrogen and oxygen atoms in total. The largest absolute Gasteiger partial charge is 0.480 e. The first-order valence-electron chi connectivity index (χ1n) is 16.8. The molecule has 2 fully saturated rings. The molecule has 2 aliphatic rings. The summed E-state index contributed by atoms with van der Waals surface area (Å²) in [5.41, 5.74) is 4.65. The molecule has 2 N–H and O–H groups in total. The van der Waals surface area contributed by atoms with Gasteiger partial charge in [-0.1, -0.05) is 76.3 Å². The normalized spacial score (nSPS) is 17.1. The van der Waals surface area contributed by atoms with Crippen LogP contribution in [0.1, 0.15) is 99.5 Å². The number of aliphatic carboxylic acids is 1. The van der Waals surface area contributed by atoms with Crippen LogP contribution in [0.15, 0.2) is 42.5 Å². The molecule has 4 rings (SSSR count). The molecule has 242 valence electrons. The van der Waals surface area contributed by atoms with E-state index in [1.54, 1.807) is 11.8 Å². The quantitative estimate of drug-likeness (QED) is 0.164. The fourth-order valence-corrected chi connectivity index (χ4v) is 7.00. The molecule has 2 aromatic carbocycles. The third-order valence-corrected chi connectivity index (χ3v) is 9.95. The molecule has 0 heterocycles. The highest BCUT2D eigenvalue weighted by atomic mass is 32.2. The lowest BCUT2D eigenvalue weighted by molar-refractivity contribution is -0.139. The van der Waals surface area contributed by atoms with Crippen molar-refractivity contribution in [3.63, 3.8) is 0 Å². The van der Waals surface area contributed by atoms with Gasteiger partial charge in [0.05, 0.1) is 6.61 Å². The summed E-state index contributed by atoms with van der Waals surface area (Å²) in [4.78, 5) is 28.2. The number of nitrogens with one attached hydrogen (secondary N) is 1. The van der Waals surface area contributed by atoms with Crippen LogP contribution < -0.4 is 5.32 Å². The lowest BCUT2D eigenvalue weighted by Gasteiger charge is -2.35. The number of carbonyl (C=O) groups excluding carboxylic acids is 1. The van der Waals surface area contributed by atoms with Crippen molar-refractivity contribution in [3.8, 4) is 11.1 Å². The van der Waals surface area contributed by atoms with Crippen molar-refractivity contribution in [3.05, 3.63) is 59.2 Å². The van der Waals surface area contributed by atoms with Crippen molar-refractivity contribution in [2.24, 2.45) is 11.8 Å². The molecule has 2 saturated carbocycles. The lowest BCUT2D eigenvalue weighted by Crippen LogP contribution is -2.42. The van der Waals surface area contributed by atoms with Crippen molar-refractivity contribution >= 4 is 23.6 Å². The number of ether oxygens (including phenoxy) is 1. The zero-order valence-electron chi connectivity index (χ0n) is 27.4. The molecular formula is C37H54N2O4S. The van der Waals surface area contributed by atoms with Gasteiger partial charge < -0.3 is 15.2 Å². The number of benzene rings is 2. The third-order valence-electron chi connectivity index (χ3n) is 9.31. The highest BCUT2D eigenvalue weighted by Gasteiger charge is 2.35. The van der Waals surface area contributed by atoms with Gasteiger partial charge in [0.25, 0.3) is 5.91 Å². The fraction of sp³-hybridized carbons (Fsp3) is 0.622. The summed E-state index contributed by atoms with van der Waals surface area (Å²) in [6.07, 6.45) is 13.8. The van der Waals surface area contributed by atoms with Crippen LogP contribution in [0.2, 0.25) is 0 Å². The van der Waals surface area contributed by atoms with Gasteiger partial charge in [-0.25, -0.2) is 4.79 Å². The number of rotatable bonds is 18. The molecule has 0 spiro atoms. The predicted octanol–water partition coefficient (Wildman–Crippen LogP) is 7.96. The SMILES string of the molecule is CSCCC(NC(=O)c1ccc(CN(C2CC2)C(COCCC(C)C)CC2CCCCC2)cc1-c1ccccc1C)C(=O)O. The second-order valence-electron chi connectivity index (χ2n) is 13.4. The molecule has 0 aliphatic heterocycles. The minimum absolute atomic E-state index is 0.337. The zero-order chi connectivity index (χ0) is 31.5. The van der Waals surface area contributed by atoms with E-state index in [0.29, 0.717) is 35.7 Å². The van der Waals surface area contributed by atoms with E-state index in [4.69, 9.17) is 4.74 Å². The summed E-state index contributed by atoms with van der Waals surface area (Å²) in [5.74, 6) is 0.738. The average molecular weight is 623 g/mol. The number of thioether (sulfide) groups is 1. The van der Waals surface area contributed by atoms with Gasteiger partial charge in [-0.3, -0.25) is 9.69 Å². The van der Waals surface area contributed by atoms with Crippen molar-refractivity contribution in [1.82, 2.24) is 10.2 Å². The maximum atomic E-state index is 13.6. The Kier molecular flexibility index (Phi) is 13.6. The average Bonchev–Trinajstić information content (AvgIpc) is 3.85. The van der Waals surface area contributed by atoms with Crippen LogP contribution >= 0.6 is 11.8 Å². The fourth-order valence-electron chi connectivity index (χ4n) is 6.53. The standard InChI is InChI=1S/C37H54N2O4S/c1-26(2)18-20-43-25-31(22-28-11-6-5-7-12-28)39(30-15-16-30)24-29-14-17-33(34(23-29)32-13-9-8-10-27(32)3)36(40)38-35(37(41)42)19-21-44-4/h8-10,13-14,17,23,26,28,30-31,35H,5-7,11-12,15-16,18-22,24-25H2,1-4H3,(H,38,40)(H,41,42).